The monoisotopic (exact) mass is 308 g/mol. The first-order chi connectivity index (χ1) is 7.67. The fourth-order valence-corrected chi connectivity index (χ4v) is 2.50. The lowest BCUT2D eigenvalue weighted by atomic mass is 10.1. The van der Waals surface area contributed by atoms with Crippen LogP contribution in [0.5, 0.6) is 0 Å². The van der Waals surface area contributed by atoms with Crippen LogP contribution in [0.15, 0.2) is 35.3 Å². The first kappa shape index (κ1) is 14.8. The van der Waals surface area contributed by atoms with Gasteiger partial charge in [-0.1, -0.05) is 30.3 Å². The number of nitrogens with one attached hydrogen (secondary N) is 1. The zero-order valence-electron chi connectivity index (χ0n) is 9.97. The van der Waals surface area contributed by atoms with E-state index in [1.807, 2.05) is 51.1 Å². The second kappa shape index (κ2) is 5.61. The second-order valence-corrected chi connectivity index (χ2v) is 12.7. The number of amidine groups is 1. The maximum absolute atomic E-state index is 5.88. The summed E-state index contributed by atoms with van der Waals surface area (Å²) < 4.78 is 0. The van der Waals surface area contributed by atoms with Gasteiger partial charge in [-0.05, 0) is 20.8 Å². The van der Waals surface area contributed by atoms with Crippen molar-refractivity contribution in [1.82, 2.24) is 4.98 Å². The Balaban J connectivity index is 3.09. The molecule has 6 heteroatoms. The minimum Gasteiger partial charge on any atom is -0.360 e. The van der Waals surface area contributed by atoms with Gasteiger partial charge >= 0.3 is 6.16 Å². The summed E-state index contributed by atoms with van der Waals surface area (Å²) in [4.78, 5) is 7.47. The molecular weight excluding hydrogens is 295 g/mol. The van der Waals surface area contributed by atoms with Crippen molar-refractivity contribution < 1.29 is 0 Å². The molecule has 1 aromatic rings. The summed E-state index contributed by atoms with van der Waals surface area (Å²) in [5.41, 5.74) is 0.684. The van der Waals surface area contributed by atoms with Gasteiger partial charge in [0.25, 0.3) is 0 Å². The molecule has 1 rings (SSSR count). The van der Waals surface area contributed by atoms with Crippen LogP contribution < -0.4 is 4.98 Å². The maximum atomic E-state index is 5.88. The van der Waals surface area contributed by atoms with Gasteiger partial charge in [-0.2, -0.15) is 0 Å². The van der Waals surface area contributed by atoms with Crippen LogP contribution in [0.4, 0.5) is 0 Å². The average molecular weight is 310 g/mol. The van der Waals surface area contributed by atoms with Crippen LogP contribution in [0.25, 0.3) is 0 Å². The predicted octanol–water partition coefficient (Wildman–Crippen LogP) is 3.97. The molecule has 0 heterocycles. The number of aliphatic imine (C=N–C) groups is 1. The Morgan fingerprint density at radius 2 is 1.65 bits per heavy atom. The molecule has 0 atom stereocenters. The molecule has 0 spiro atoms. The molecule has 0 bridgehead atoms. The van der Waals surface area contributed by atoms with Gasteiger partial charge in [0.15, 0.2) is 0 Å². The highest BCUT2D eigenvalue weighted by molar-refractivity contribution is 7.64. The molecular formula is C11H15Cl3N2Si. The van der Waals surface area contributed by atoms with E-state index >= 15 is 0 Å². The predicted molar refractivity (Wildman–Crippen MR) is 79.2 cm³/mol. The van der Waals surface area contributed by atoms with E-state index in [1.165, 1.54) is 0 Å². The summed E-state index contributed by atoms with van der Waals surface area (Å²) in [6.45, 7) is 5.99. The molecule has 1 N–H and O–H groups in total. The first-order valence-corrected chi connectivity index (χ1v) is 10.2. The fourth-order valence-electron chi connectivity index (χ4n) is 1.23. The number of halogens is 3. The van der Waals surface area contributed by atoms with Crippen molar-refractivity contribution in [1.29, 1.82) is 0 Å². The van der Waals surface area contributed by atoms with Gasteiger partial charge < -0.3 is 4.98 Å². The number of rotatable bonds is 2. The van der Waals surface area contributed by atoms with Crippen LogP contribution in [0.3, 0.4) is 0 Å². The summed E-state index contributed by atoms with van der Waals surface area (Å²) >= 11 is 17.7. The largest absolute Gasteiger partial charge is 0.453 e. The van der Waals surface area contributed by atoms with E-state index in [0.717, 1.165) is 5.56 Å². The molecule has 0 fully saturated rings. The summed E-state index contributed by atoms with van der Waals surface area (Å²) in [6.07, 6.45) is -2.97. The second-order valence-electron chi connectivity index (χ2n) is 4.62. The van der Waals surface area contributed by atoms with Crippen LogP contribution in [0, 0.1) is 0 Å². The number of hydrogen-bond acceptors (Lipinski definition) is 1. The van der Waals surface area contributed by atoms with Crippen molar-refractivity contribution in [2.24, 2.45) is 4.99 Å². The molecule has 1 aromatic carbocycles. The highest BCUT2D eigenvalue weighted by Gasteiger charge is 2.28. The quantitative estimate of drug-likeness (QED) is 0.380. The Kier molecular flexibility index (Phi) is 4.90. The van der Waals surface area contributed by atoms with Gasteiger partial charge in [0, 0.05) is 5.56 Å². The smallest absolute Gasteiger partial charge is 0.360 e. The van der Waals surface area contributed by atoms with Crippen LogP contribution >= 0.6 is 33.2 Å². The number of nitrogens with zero attached hydrogens (tertiary/aromatic N) is 1. The topological polar surface area (TPSA) is 24.4 Å². The minimum absolute atomic E-state index is 0.234. The molecule has 2 nitrogen and oxygen atoms in total. The Labute approximate surface area is 117 Å². The van der Waals surface area contributed by atoms with Gasteiger partial charge in [0.1, 0.15) is 5.84 Å². The molecule has 0 aromatic heterocycles. The van der Waals surface area contributed by atoms with E-state index in [4.69, 9.17) is 33.2 Å². The molecule has 0 saturated heterocycles. The minimum atomic E-state index is -2.97. The fraction of sp³-hybridized carbons (Fsp3) is 0.364. The Bertz CT molecular complexity index is 393. The van der Waals surface area contributed by atoms with Gasteiger partial charge in [0.2, 0.25) is 0 Å². The van der Waals surface area contributed by atoms with Gasteiger partial charge in [-0.15, -0.1) is 33.2 Å². The molecule has 0 saturated carbocycles. The van der Waals surface area contributed by atoms with Crippen molar-refractivity contribution in [3.05, 3.63) is 35.9 Å². The zero-order valence-corrected chi connectivity index (χ0v) is 13.2. The van der Waals surface area contributed by atoms with Crippen molar-refractivity contribution in [3.63, 3.8) is 0 Å². The van der Waals surface area contributed by atoms with Crippen LogP contribution in [-0.4, -0.2) is 17.5 Å². The van der Waals surface area contributed by atoms with Gasteiger partial charge in [0.05, 0.1) is 5.54 Å². The van der Waals surface area contributed by atoms with E-state index in [-0.39, 0.29) is 5.54 Å². The van der Waals surface area contributed by atoms with E-state index in [1.54, 1.807) is 0 Å². The summed E-state index contributed by atoms with van der Waals surface area (Å²) in [6, 6.07) is 9.65. The molecule has 0 aliphatic carbocycles. The molecule has 0 radical (unpaired) electrons. The third kappa shape index (κ3) is 6.31. The third-order valence-electron chi connectivity index (χ3n) is 1.75. The zero-order chi connectivity index (χ0) is 13.1. The summed E-state index contributed by atoms with van der Waals surface area (Å²) in [5, 5.41) is 0. The lowest BCUT2D eigenvalue weighted by Gasteiger charge is -2.20. The first-order valence-electron chi connectivity index (χ1n) is 5.17. The van der Waals surface area contributed by atoms with Crippen LogP contribution in [0.1, 0.15) is 26.3 Å². The summed E-state index contributed by atoms with van der Waals surface area (Å²) in [7, 11) is 0. The lowest BCUT2D eigenvalue weighted by molar-refractivity contribution is 0.582. The Morgan fingerprint density at radius 1 is 1.12 bits per heavy atom. The Morgan fingerprint density at radius 3 is 2.06 bits per heavy atom. The van der Waals surface area contributed by atoms with Gasteiger partial charge in [-0.25, -0.2) is 0 Å². The Hall–Kier alpha value is -0.223. The molecule has 0 aliphatic rings. The van der Waals surface area contributed by atoms with Crippen molar-refractivity contribution >= 4 is 45.2 Å². The van der Waals surface area contributed by atoms with E-state index in [2.05, 4.69) is 9.97 Å². The number of benzene rings is 1. The summed E-state index contributed by atoms with van der Waals surface area (Å²) in [5.74, 6) is 0.629. The van der Waals surface area contributed by atoms with Gasteiger partial charge in [-0.3, -0.25) is 4.99 Å². The molecule has 94 valence electrons. The van der Waals surface area contributed by atoms with E-state index in [9.17, 15) is 0 Å². The maximum Gasteiger partial charge on any atom is 0.453 e. The SMILES string of the molecule is CC(C)(C)N=C(N[Si](Cl)(Cl)Cl)c1ccccc1. The van der Waals surface area contributed by atoms with Crippen molar-refractivity contribution in [3.8, 4) is 0 Å². The third-order valence-corrected chi connectivity index (χ3v) is 3.13. The molecule has 17 heavy (non-hydrogen) atoms. The molecule has 0 unspecified atom stereocenters. The van der Waals surface area contributed by atoms with Crippen LogP contribution in [-0.2, 0) is 0 Å². The van der Waals surface area contributed by atoms with Crippen molar-refractivity contribution in [2.75, 3.05) is 0 Å². The van der Waals surface area contributed by atoms with Crippen molar-refractivity contribution in [2.45, 2.75) is 26.3 Å². The standard InChI is InChI=1S/C11H15Cl3N2Si/c1-11(2,3)15-10(16-17(12,13)14)9-7-5-4-6-8-9/h4-8H,1-3H3,(H,15,16). The van der Waals surface area contributed by atoms with E-state index in [0.29, 0.717) is 5.84 Å². The highest BCUT2D eigenvalue weighted by atomic mass is 35.8. The lowest BCUT2D eigenvalue weighted by Crippen LogP contribution is -2.41. The average Bonchev–Trinajstić information content (AvgIpc) is 2.14. The van der Waals surface area contributed by atoms with E-state index < -0.39 is 6.16 Å². The number of hydrogen-bond donors (Lipinski definition) is 1. The molecule has 0 aliphatic heterocycles. The van der Waals surface area contributed by atoms with Crippen LogP contribution in [0.2, 0.25) is 0 Å². The molecule has 0 amide bonds. The highest BCUT2D eigenvalue weighted by Crippen LogP contribution is 2.18. The normalized spacial score (nSPS) is 13.6.